The van der Waals surface area contributed by atoms with Gasteiger partial charge in [-0.15, -0.1) is 10.2 Å². The van der Waals surface area contributed by atoms with Crippen LogP contribution in [-0.2, 0) is 12.2 Å². The van der Waals surface area contributed by atoms with E-state index in [9.17, 15) is 8.78 Å². The van der Waals surface area contributed by atoms with Crippen LogP contribution in [0.2, 0.25) is 10.0 Å². The first kappa shape index (κ1) is 20.1. The van der Waals surface area contributed by atoms with Gasteiger partial charge in [0.1, 0.15) is 17.5 Å². The van der Waals surface area contributed by atoms with Crippen LogP contribution >= 0.6 is 35.0 Å². The first-order valence-electron chi connectivity index (χ1n) is 8.07. The van der Waals surface area contributed by atoms with Crippen LogP contribution in [0.5, 0.6) is 0 Å². The van der Waals surface area contributed by atoms with Crippen LogP contribution in [-0.4, -0.2) is 26.5 Å². The van der Waals surface area contributed by atoms with E-state index in [1.807, 2.05) is 0 Å². The maximum Gasteiger partial charge on any atom is 0.196 e. The fourth-order valence-corrected chi connectivity index (χ4v) is 4.21. The molecule has 0 amide bonds. The van der Waals surface area contributed by atoms with Gasteiger partial charge in [0, 0.05) is 34.9 Å². The second-order valence-electron chi connectivity index (χ2n) is 5.65. The molecule has 0 spiro atoms. The first-order valence-corrected chi connectivity index (χ1v) is 9.81. The van der Waals surface area contributed by atoms with E-state index in [4.69, 9.17) is 28.3 Å². The van der Waals surface area contributed by atoms with Gasteiger partial charge in [0.2, 0.25) is 0 Å². The summed E-state index contributed by atoms with van der Waals surface area (Å²) in [6, 6.07) is 8.55. The van der Waals surface area contributed by atoms with Crippen molar-refractivity contribution in [2.45, 2.75) is 23.8 Å². The number of thioether (sulfide) groups is 1. The normalized spacial score (nSPS) is 11.1. The Bertz CT molecular complexity index is 932. The van der Waals surface area contributed by atoms with Gasteiger partial charge in [-0.2, -0.15) is 0 Å². The Morgan fingerprint density at radius 2 is 1.81 bits per heavy atom. The zero-order valence-corrected chi connectivity index (χ0v) is 16.3. The Morgan fingerprint density at radius 3 is 2.48 bits per heavy atom. The van der Waals surface area contributed by atoms with E-state index in [1.54, 1.807) is 18.2 Å². The Kier molecular flexibility index (Phi) is 6.70. The molecule has 0 aliphatic carbocycles. The lowest BCUT2D eigenvalue weighted by Crippen LogP contribution is -2.06. The lowest BCUT2D eigenvalue weighted by Gasteiger charge is -2.12. The van der Waals surface area contributed by atoms with Crippen LogP contribution in [0.1, 0.15) is 17.8 Å². The van der Waals surface area contributed by atoms with E-state index in [0.29, 0.717) is 39.6 Å². The Hall–Kier alpha value is -1.67. The molecule has 3 rings (SSSR count). The highest BCUT2D eigenvalue weighted by atomic mass is 35.5. The molecule has 142 valence electrons. The maximum absolute atomic E-state index is 14.4. The van der Waals surface area contributed by atoms with Crippen molar-refractivity contribution in [3.63, 3.8) is 0 Å². The van der Waals surface area contributed by atoms with Crippen LogP contribution < -0.4 is 0 Å². The molecule has 1 heterocycles. The van der Waals surface area contributed by atoms with E-state index in [0.717, 1.165) is 11.6 Å². The average molecular weight is 430 g/mol. The van der Waals surface area contributed by atoms with Gasteiger partial charge >= 0.3 is 0 Å². The predicted molar refractivity (Wildman–Crippen MR) is 103 cm³/mol. The van der Waals surface area contributed by atoms with Crippen LogP contribution in [0.3, 0.4) is 0 Å². The fraction of sp³-hybridized carbons (Fsp3) is 0.222. The van der Waals surface area contributed by atoms with Gasteiger partial charge in [0.15, 0.2) is 5.16 Å². The summed E-state index contributed by atoms with van der Waals surface area (Å²) in [6.07, 6.45) is 0.843. The third-order valence-electron chi connectivity index (χ3n) is 3.82. The summed E-state index contributed by atoms with van der Waals surface area (Å²) in [5.41, 5.74) is 0.874. The molecule has 0 saturated carbocycles. The second-order valence-corrected chi connectivity index (χ2v) is 7.40. The van der Waals surface area contributed by atoms with Gasteiger partial charge in [-0.3, -0.25) is 4.57 Å². The summed E-state index contributed by atoms with van der Waals surface area (Å²) in [6.45, 7) is -0.0313. The molecule has 4 nitrogen and oxygen atoms in total. The summed E-state index contributed by atoms with van der Waals surface area (Å²) in [7, 11) is 0. The number of hydrogen-bond acceptors (Lipinski definition) is 4. The maximum atomic E-state index is 14.4. The van der Waals surface area contributed by atoms with Crippen LogP contribution in [0, 0.1) is 11.6 Å². The number of hydrogen-bond donors (Lipinski definition) is 1. The van der Waals surface area contributed by atoms with Gasteiger partial charge in [-0.25, -0.2) is 8.78 Å². The van der Waals surface area contributed by atoms with Gasteiger partial charge in [-0.1, -0.05) is 41.0 Å². The van der Waals surface area contributed by atoms with Crippen LogP contribution in [0.4, 0.5) is 8.78 Å². The highest BCUT2D eigenvalue weighted by Gasteiger charge is 2.18. The number of nitrogens with zero attached hydrogens (tertiary/aromatic N) is 3. The molecule has 0 aliphatic rings. The molecule has 2 aromatic carbocycles. The molecule has 0 fully saturated rings. The zero-order valence-electron chi connectivity index (χ0n) is 14.0. The van der Waals surface area contributed by atoms with E-state index in [-0.39, 0.29) is 12.3 Å². The number of aliphatic hydroxyl groups is 1. The monoisotopic (exact) mass is 429 g/mol. The Morgan fingerprint density at radius 1 is 1.07 bits per heavy atom. The van der Waals surface area contributed by atoms with Gasteiger partial charge in [-0.05, 0) is 36.2 Å². The lowest BCUT2D eigenvalue weighted by molar-refractivity contribution is 0.287. The topological polar surface area (TPSA) is 50.9 Å². The standard InChI is InChI=1S/C18H15Cl2F2N3OS/c19-13-3-1-4-14(20)12(13)10-27-18-24-23-17(5-2-8-26)25(18)16-7-6-11(21)9-15(16)22/h1,3-4,6-7,9,26H,2,5,8,10H2. The quantitative estimate of drug-likeness (QED) is 0.532. The van der Waals surface area contributed by atoms with Crippen molar-refractivity contribution >= 4 is 35.0 Å². The third-order valence-corrected chi connectivity index (χ3v) is 5.48. The van der Waals surface area contributed by atoms with Crippen LogP contribution in [0.25, 0.3) is 5.69 Å². The summed E-state index contributed by atoms with van der Waals surface area (Å²) >= 11 is 13.7. The Labute approximate surface area is 169 Å². The van der Waals surface area contributed by atoms with Crippen molar-refractivity contribution in [2.24, 2.45) is 0 Å². The van der Waals surface area contributed by atoms with Gasteiger partial charge in [0.05, 0.1) is 5.69 Å². The second kappa shape index (κ2) is 9.01. The average Bonchev–Trinajstić information content (AvgIpc) is 3.02. The minimum atomic E-state index is -0.724. The zero-order chi connectivity index (χ0) is 19.4. The number of rotatable bonds is 7. The van der Waals surface area contributed by atoms with E-state index >= 15 is 0 Å². The van der Waals surface area contributed by atoms with E-state index in [1.165, 1.54) is 28.5 Å². The van der Waals surface area contributed by atoms with Gasteiger partial charge < -0.3 is 5.11 Å². The minimum Gasteiger partial charge on any atom is -0.396 e. The summed E-state index contributed by atoms with van der Waals surface area (Å²) in [4.78, 5) is 0. The number of aliphatic hydroxyl groups excluding tert-OH is 1. The van der Waals surface area contributed by atoms with E-state index < -0.39 is 11.6 Å². The molecule has 0 unspecified atom stereocenters. The summed E-state index contributed by atoms with van der Waals surface area (Å²) in [5.74, 6) is -0.516. The molecule has 9 heteroatoms. The highest BCUT2D eigenvalue weighted by Crippen LogP contribution is 2.32. The molecule has 0 atom stereocenters. The molecule has 27 heavy (non-hydrogen) atoms. The molecule has 0 saturated heterocycles. The van der Waals surface area contributed by atoms with Crippen molar-refractivity contribution in [2.75, 3.05) is 6.61 Å². The summed E-state index contributed by atoms with van der Waals surface area (Å²) in [5, 5.41) is 18.8. The van der Waals surface area contributed by atoms with Gasteiger partial charge in [0.25, 0.3) is 0 Å². The summed E-state index contributed by atoms with van der Waals surface area (Å²) < 4.78 is 29.2. The van der Waals surface area contributed by atoms with Crippen molar-refractivity contribution < 1.29 is 13.9 Å². The van der Waals surface area contributed by atoms with Crippen LogP contribution in [0.15, 0.2) is 41.6 Å². The predicted octanol–water partition coefficient (Wildman–Crippen LogP) is 5.07. The Balaban J connectivity index is 1.96. The lowest BCUT2D eigenvalue weighted by atomic mass is 10.2. The molecular weight excluding hydrogens is 415 g/mol. The SMILES string of the molecule is OCCCc1nnc(SCc2c(Cl)cccc2Cl)n1-c1ccc(F)cc1F. The van der Waals surface area contributed by atoms with E-state index in [2.05, 4.69) is 10.2 Å². The number of aryl methyl sites for hydroxylation is 1. The molecule has 1 N–H and O–H groups in total. The van der Waals surface area contributed by atoms with Crippen molar-refractivity contribution in [1.82, 2.24) is 14.8 Å². The first-order chi connectivity index (χ1) is 13.0. The number of aromatic nitrogens is 3. The molecule has 0 radical (unpaired) electrons. The molecule has 1 aromatic heterocycles. The fourth-order valence-electron chi connectivity index (χ4n) is 2.50. The molecule has 0 aliphatic heterocycles. The van der Waals surface area contributed by atoms with Crippen molar-refractivity contribution in [3.8, 4) is 5.69 Å². The number of halogens is 4. The minimum absolute atomic E-state index is 0.0313. The third kappa shape index (κ3) is 4.60. The number of benzene rings is 2. The smallest absolute Gasteiger partial charge is 0.196 e. The molecule has 3 aromatic rings. The highest BCUT2D eigenvalue weighted by molar-refractivity contribution is 7.98. The molecule has 0 bridgehead atoms. The van der Waals surface area contributed by atoms with Crippen molar-refractivity contribution in [3.05, 3.63) is 69.5 Å². The van der Waals surface area contributed by atoms with Crippen molar-refractivity contribution in [1.29, 1.82) is 0 Å². The molecular formula is C18H15Cl2F2N3OS. The largest absolute Gasteiger partial charge is 0.396 e.